The van der Waals surface area contributed by atoms with Crippen LogP contribution in [-0.4, -0.2) is 15.9 Å². The second kappa shape index (κ2) is 8.39. The molecular formula is C23H27N3OS. The molecule has 1 amide bonds. The quantitative estimate of drug-likeness (QED) is 0.575. The predicted molar refractivity (Wildman–Crippen MR) is 117 cm³/mol. The Bertz CT molecular complexity index is 971. The molecule has 1 aliphatic rings. The lowest BCUT2D eigenvalue weighted by Crippen LogP contribution is -2.24. The topological polar surface area (TPSA) is 54.9 Å². The van der Waals surface area contributed by atoms with Crippen molar-refractivity contribution in [1.29, 1.82) is 0 Å². The van der Waals surface area contributed by atoms with Crippen LogP contribution in [0.4, 0.5) is 5.69 Å². The Kier molecular flexibility index (Phi) is 5.72. The lowest BCUT2D eigenvalue weighted by Gasteiger charge is -2.22. The Morgan fingerprint density at radius 1 is 1.14 bits per heavy atom. The van der Waals surface area contributed by atoms with E-state index in [0.717, 1.165) is 63.8 Å². The summed E-state index contributed by atoms with van der Waals surface area (Å²) < 4.78 is 0. The number of carbonyl (C=O) groups is 1. The predicted octanol–water partition coefficient (Wildman–Crippen LogP) is 6.21. The summed E-state index contributed by atoms with van der Waals surface area (Å²) in [7, 11) is 0. The third-order valence-electron chi connectivity index (χ3n) is 5.67. The highest BCUT2D eigenvalue weighted by atomic mass is 32.1. The molecule has 146 valence electrons. The molecule has 0 bridgehead atoms. The Balaban J connectivity index is 1.56. The van der Waals surface area contributed by atoms with Gasteiger partial charge in [-0.25, -0.2) is 9.97 Å². The van der Waals surface area contributed by atoms with Crippen LogP contribution in [0.3, 0.4) is 0 Å². The highest BCUT2D eigenvalue weighted by molar-refractivity contribution is 7.21. The molecule has 0 radical (unpaired) electrons. The van der Waals surface area contributed by atoms with Gasteiger partial charge in [0.2, 0.25) is 5.91 Å². The first-order valence-electron chi connectivity index (χ1n) is 10.2. The monoisotopic (exact) mass is 393 g/mol. The highest BCUT2D eigenvalue weighted by Gasteiger charge is 2.22. The van der Waals surface area contributed by atoms with Gasteiger partial charge in [0.05, 0.1) is 5.69 Å². The van der Waals surface area contributed by atoms with E-state index in [0.29, 0.717) is 0 Å². The van der Waals surface area contributed by atoms with E-state index >= 15 is 0 Å². The van der Waals surface area contributed by atoms with E-state index in [1.807, 2.05) is 37.4 Å². The fourth-order valence-electron chi connectivity index (χ4n) is 4.03. The number of amides is 1. The summed E-state index contributed by atoms with van der Waals surface area (Å²) in [6.45, 7) is 4.35. The third-order valence-corrected chi connectivity index (χ3v) is 6.68. The fourth-order valence-corrected chi connectivity index (χ4v) is 4.96. The molecular weight excluding hydrogens is 366 g/mol. The number of anilines is 1. The van der Waals surface area contributed by atoms with Crippen LogP contribution < -0.4 is 5.32 Å². The van der Waals surface area contributed by atoms with E-state index in [1.165, 1.54) is 12.8 Å². The van der Waals surface area contributed by atoms with Gasteiger partial charge in [0.25, 0.3) is 0 Å². The lowest BCUT2D eigenvalue weighted by atomic mass is 9.86. The number of fused-ring (bicyclic) bond motifs is 1. The molecule has 0 spiro atoms. The summed E-state index contributed by atoms with van der Waals surface area (Å²) in [6, 6.07) is 10.0. The number of thiazole rings is 1. The number of pyridine rings is 1. The SMILES string of the molecule is Cc1cnc2sc(-c3ccccc3NC(=O)C3CCCC(C)CCC3)nc2c1. The molecule has 4 rings (SSSR count). The summed E-state index contributed by atoms with van der Waals surface area (Å²) >= 11 is 1.57. The number of benzene rings is 1. The Morgan fingerprint density at radius 2 is 1.89 bits per heavy atom. The Labute approximate surface area is 170 Å². The maximum Gasteiger partial charge on any atom is 0.227 e. The van der Waals surface area contributed by atoms with Crippen molar-refractivity contribution in [2.45, 2.75) is 52.4 Å². The molecule has 28 heavy (non-hydrogen) atoms. The summed E-state index contributed by atoms with van der Waals surface area (Å²) in [5.41, 5.74) is 3.83. The molecule has 2 aromatic heterocycles. The molecule has 1 aromatic carbocycles. The van der Waals surface area contributed by atoms with Crippen LogP contribution >= 0.6 is 11.3 Å². The van der Waals surface area contributed by atoms with Crippen LogP contribution in [0.25, 0.3) is 20.9 Å². The van der Waals surface area contributed by atoms with Gasteiger partial charge >= 0.3 is 0 Å². The number of aromatic nitrogens is 2. The molecule has 0 unspecified atom stereocenters. The molecule has 5 heteroatoms. The molecule has 2 heterocycles. The van der Waals surface area contributed by atoms with Gasteiger partial charge in [0.1, 0.15) is 15.4 Å². The van der Waals surface area contributed by atoms with Crippen molar-refractivity contribution in [3.05, 3.63) is 42.1 Å². The zero-order valence-corrected chi connectivity index (χ0v) is 17.4. The number of para-hydroxylation sites is 1. The fraction of sp³-hybridized carbons (Fsp3) is 0.435. The summed E-state index contributed by atoms with van der Waals surface area (Å²) in [5, 5.41) is 4.10. The molecule has 1 aliphatic carbocycles. The number of rotatable bonds is 3. The minimum atomic E-state index is 0.111. The summed E-state index contributed by atoms with van der Waals surface area (Å²) in [6.07, 6.45) is 8.60. The molecule has 0 atom stereocenters. The number of hydrogen-bond acceptors (Lipinski definition) is 4. The van der Waals surface area contributed by atoms with Crippen LogP contribution in [-0.2, 0) is 4.79 Å². The van der Waals surface area contributed by atoms with Crippen LogP contribution in [0.15, 0.2) is 36.5 Å². The largest absolute Gasteiger partial charge is 0.325 e. The summed E-state index contributed by atoms with van der Waals surface area (Å²) in [4.78, 5) is 23.2. The van der Waals surface area contributed by atoms with Gasteiger partial charge in [-0.1, -0.05) is 56.1 Å². The van der Waals surface area contributed by atoms with E-state index < -0.39 is 0 Å². The minimum absolute atomic E-state index is 0.111. The molecule has 4 nitrogen and oxygen atoms in total. The zero-order valence-electron chi connectivity index (χ0n) is 16.6. The van der Waals surface area contributed by atoms with Gasteiger partial charge < -0.3 is 5.32 Å². The maximum absolute atomic E-state index is 13.0. The van der Waals surface area contributed by atoms with Crippen LogP contribution in [0.1, 0.15) is 51.0 Å². The number of aryl methyl sites for hydroxylation is 1. The number of carbonyl (C=O) groups excluding carboxylic acids is 1. The van der Waals surface area contributed by atoms with Crippen molar-refractivity contribution in [2.75, 3.05) is 5.32 Å². The summed E-state index contributed by atoms with van der Waals surface area (Å²) in [5.74, 6) is 1.05. The van der Waals surface area contributed by atoms with Crippen LogP contribution in [0.5, 0.6) is 0 Å². The average Bonchev–Trinajstić information content (AvgIpc) is 3.07. The van der Waals surface area contributed by atoms with E-state index in [2.05, 4.69) is 23.3 Å². The van der Waals surface area contributed by atoms with Crippen molar-refractivity contribution in [3.63, 3.8) is 0 Å². The molecule has 1 N–H and O–H groups in total. The van der Waals surface area contributed by atoms with Gasteiger partial charge in [0, 0.05) is 17.7 Å². The zero-order chi connectivity index (χ0) is 19.5. The number of nitrogens with zero attached hydrogens (tertiary/aromatic N) is 2. The molecule has 1 saturated carbocycles. The van der Waals surface area contributed by atoms with Gasteiger partial charge in [-0.05, 0) is 49.4 Å². The second-order valence-electron chi connectivity index (χ2n) is 8.05. The standard InChI is InChI=1S/C23H27N3OS/c1-15-7-5-9-17(10-6-8-15)21(27)25-19-12-4-3-11-18(19)22-26-20-13-16(2)14-24-23(20)28-22/h3-4,11-15,17H,5-10H2,1-2H3,(H,25,27). The van der Waals surface area contributed by atoms with Crippen molar-refractivity contribution >= 4 is 33.3 Å². The van der Waals surface area contributed by atoms with E-state index in [9.17, 15) is 4.79 Å². The van der Waals surface area contributed by atoms with E-state index in [4.69, 9.17) is 4.98 Å². The smallest absolute Gasteiger partial charge is 0.227 e. The molecule has 0 saturated heterocycles. The minimum Gasteiger partial charge on any atom is -0.325 e. The number of nitrogens with one attached hydrogen (secondary N) is 1. The van der Waals surface area contributed by atoms with Gasteiger partial charge in [-0.3, -0.25) is 4.79 Å². The third kappa shape index (κ3) is 4.25. The van der Waals surface area contributed by atoms with Crippen LogP contribution in [0.2, 0.25) is 0 Å². The maximum atomic E-state index is 13.0. The second-order valence-corrected chi connectivity index (χ2v) is 9.03. The molecule has 1 fully saturated rings. The molecule has 0 aliphatic heterocycles. The van der Waals surface area contributed by atoms with E-state index in [-0.39, 0.29) is 11.8 Å². The van der Waals surface area contributed by atoms with Crippen LogP contribution in [0, 0.1) is 18.8 Å². The number of hydrogen-bond donors (Lipinski definition) is 1. The first-order valence-corrected chi connectivity index (χ1v) is 11.1. The first-order chi connectivity index (χ1) is 13.6. The Hall–Kier alpha value is -2.27. The van der Waals surface area contributed by atoms with Crippen molar-refractivity contribution in [1.82, 2.24) is 9.97 Å². The van der Waals surface area contributed by atoms with Crippen molar-refractivity contribution < 1.29 is 4.79 Å². The van der Waals surface area contributed by atoms with Gasteiger partial charge in [0.15, 0.2) is 0 Å². The van der Waals surface area contributed by atoms with Gasteiger partial charge in [-0.15, -0.1) is 0 Å². The normalized spacial score (nSPS) is 20.5. The van der Waals surface area contributed by atoms with Gasteiger partial charge in [-0.2, -0.15) is 0 Å². The van der Waals surface area contributed by atoms with Crippen molar-refractivity contribution in [2.24, 2.45) is 11.8 Å². The van der Waals surface area contributed by atoms with Crippen molar-refractivity contribution in [3.8, 4) is 10.6 Å². The average molecular weight is 394 g/mol. The highest BCUT2D eigenvalue weighted by Crippen LogP contribution is 2.34. The Morgan fingerprint density at radius 3 is 2.68 bits per heavy atom. The van der Waals surface area contributed by atoms with E-state index in [1.54, 1.807) is 11.3 Å². The lowest BCUT2D eigenvalue weighted by molar-refractivity contribution is -0.120. The molecule has 3 aromatic rings. The first kappa shape index (κ1) is 19.1.